The monoisotopic (exact) mass is 664 g/mol. The number of alkyl halides is 9. The maximum atomic E-state index is 13.5. The zero-order valence-corrected chi connectivity index (χ0v) is 27.1. The summed E-state index contributed by atoms with van der Waals surface area (Å²) >= 11 is 4.23. The Kier molecular flexibility index (Phi) is 24.3. The zero-order valence-electron chi connectivity index (χ0n) is 26.2. The van der Waals surface area contributed by atoms with Gasteiger partial charge in [-0.05, 0) is 43.3 Å². The summed E-state index contributed by atoms with van der Waals surface area (Å²) < 4.78 is 116. The van der Waals surface area contributed by atoms with E-state index >= 15 is 0 Å². The predicted molar refractivity (Wildman–Crippen MR) is 166 cm³/mol. The van der Waals surface area contributed by atoms with Gasteiger partial charge in [0.25, 0.3) is 0 Å². The molecule has 44 heavy (non-hydrogen) atoms. The molecule has 0 heterocycles. The van der Waals surface area contributed by atoms with Crippen molar-refractivity contribution in [3.05, 3.63) is 0 Å². The summed E-state index contributed by atoms with van der Waals surface area (Å²) in [6.45, 7) is 0. The Labute approximate surface area is 265 Å². The molecule has 258 valence electrons. The molecule has 0 bridgehead atoms. The third-order valence-corrected chi connectivity index (χ3v) is 8.02. The van der Waals surface area contributed by atoms with E-state index in [1.807, 2.05) is 0 Å². The molecule has 10 heteroatoms. The van der Waals surface area contributed by atoms with Crippen LogP contribution in [0.5, 0.6) is 0 Å². The first-order valence-corrected chi connectivity index (χ1v) is 17.2. The molecule has 0 N–H and O–H groups in total. The molecule has 0 saturated carbocycles. The van der Waals surface area contributed by atoms with E-state index in [0.29, 0.717) is 12.8 Å². The number of unbranched alkanes of at least 4 members (excludes halogenated alkanes) is 22. The van der Waals surface area contributed by atoms with E-state index < -0.39 is 36.8 Å². The first-order chi connectivity index (χ1) is 20.8. The summed E-state index contributed by atoms with van der Waals surface area (Å²) in [7, 11) is 0. The molecule has 0 aromatic heterocycles. The van der Waals surface area contributed by atoms with Crippen molar-refractivity contribution < 1.29 is 39.5 Å². The lowest BCUT2D eigenvalue weighted by molar-refractivity contribution is -0.396. The van der Waals surface area contributed by atoms with Crippen LogP contribution in [0.3, 0.4) is 0 Å². The van der Waals surface area contributed by atoms with Gasteiger partial charge < -0.3 is 0 Å². The quantitative estimate of drug-likeness (QED) is 0.0384. The van der Waals surface area contributed by atoms with Crippen LogP contribution in [0.4, 0.5) is 39.5 Å². The number of rotatable bonds is 27. The molecule has 0 rings (SSSR count). The zero-order chi connectivity index (χ0) is 33.2. The Balaban J connectivity index is 3.56. The number of hydrogen-bond acceptors (Lipinski definition) is 1. The fraction of sp³-hybridized carbons (Fsp3) is 0.882. The molecule has 0 atom stereocenters. The average molecular weight is 665 g/mol. The van der Waals surface area contributed by atoms with Gasteiger partial charge in [0.15, 0.2) is 0 Å². The Morgan fingerprint density at radius 2 is 0.659 bits per heavy atom. The summed E-state index contributed by atoms with van der Waals surface area (Å²) in [4.78, 5) is 0. The summed E-state index contributed by atoms with van der Waals surface area (Å²) in [6, 6.07) is 0. The first kappa shape index (κ1) is 42.8. The molecule has 0 fully saturated rings. The number of halogens is 9. The molecule has 0 spiro atoms. The van der Waals surface area contributed by atoms with Gasteiger partial charge in [-0.25, -0.2) is 0 Å². The van der Waals surface area contributed by atoms with Crippen molar-refractivity contribution in [1.82, 2.24) is 0 Å². The van der Waals surface area contributed by atoms with Crippen LogP contribution in [0.1, 0.15) is 161 Å². The normalized spacial score (nSPS) is 12.5. The molecular weight excluding hydrogens is 611 g/mol. The van der Waals surface area contributed by atoms with Crippen LogP contribution in [-0.2, 0) is 0 Å². The third kappa shape index (κ3) is 19.4. The van der Waals surface area contributed by atoms with E-state index in [1.165, 1.54) is 64.2 Å². The minimum Gasteiger partial charge on any atom is -0.200 e. The van der Waals surface area contributed by atoms with Gasteiger partial charge in [0.05, 0.1) is 0 Å². The standard InChI is InChI=1S/C34H53F9S/c35-31(36,32(37,38)33(39,40)34(41,42)43)29-27-25-23-21-19-17-15-13-11-9-7-5-3-1-2-4-6-8-10-12-14-16-18-20-22-24-26-28-30-44/h44H,1-3,5,7,9,11-30H2. The summed E-state index contributed by atoms with van der Waals surface area (Å²) in [5.74, 6) is -5.55. The van der Waals surface area contributed by atoms with Crippen LogP contribution >= 0.6 is 12.6 Å². The third-order valence-electron chi connectivity index (χ3n) is 7.70. The average Bonchev–Trinajstić information content (AvgIpc) is 2.95. The van der Waals surface area contributed by atoms with Gasteiger partial charge in [-0.15, -0.1) is 0 Å². The van der Waals surface area contributed by atoms with Crippen molar-refractivity contribution in [3.63, 3.8) is 0 Å². The fourth-order valence-corrected chi connectivity index (χ4v) is 5.07. The molecule has 0 aromatic carbocycles. The molecule has 0 saturated heterocycles. The molecule has 0 radical (unpaired) electrons. The van der Waals surface area contributed by atoms with E-state index in [9.17, 15) is 39.5 Å². The highest BCUT2D eigenvalue weighted by Crippen LogP contribution is 2.54. The van der Waals surface area contributed by atoms with Crippen LogP contribution in [0.2, 0.25) is 0 Å². The van der Waals surface area contributed by atoms with Crippen LogP contribution in [-0.4, -0.2) is 29.7 Å². The van der Waals surface area contributed by atoms with Crippen LogP contribution in [0, 0.1) is 23.7 Å². The highest BCUT2D eigenvalue weighted by molar-refractivity contribution is 7.80. The SMILES string of the molecule is FC(F)(F)C(F)(F)C(F)(F)C(F)(F)CCCCCCCCCCCCCCCCC#CC#CCCCCCCCCCCS. The highest BCUT2D eigenvalue weighted by atomic mass is 32.1. The Bertz CT molecular complexity index is 817. The molecule has 0 aliphatic rings. The smallest absolute Gasteiger partial charge is 0.200 e. The second-order valence-corrected chi connectivity index (χ2v) is 12.2. The van der Waals surface area contributed by atoms with Gasteiger partial charge in [0.1, 0.15) is 0 Å². The van der Waals surface area contributed by atoms with Gasteiger partial charge in [0, 0.05) is 19.3 Å². The minimum atomic E-state index is -6.79. The van der Waals surface area contributed by atoms with Crippen molar-refractivity contribution in [1.29, 1.82) is 0 Å². The van der Waals surface area contributed by atoms with Gasteiger partial charge >= 0.3 is 23.9 Å². The second kappa shape index (κ2) is 25.0. The maximum absolute atomic E-state index is 13.5. The van der Waals surface area contributed by atoms with Crippen molar-refractivity contribution >= 4 is 12.6 Å². The Morgan fingerprint density at radius 1 is 0.364 bits per heavy atom. The van der Waals surface area contributed by atoms with E-state index in [2.05, 4.69) is 36.3 Å². The molecule has 0 aromatic rings. The summed E-state index contributed by atoms with van der Waals surface area (Å²) in [5, 5.41) is 0. The van der Waals surface area contributed by atoms with Crippen LogP contribution < -0.4 is 0 Å². The fourth-order valence-electron chi connectivity index (χ4n) is 4.85. The second-order valence-electron chi connectivity index (χ2n) is 11.7. The Morgan fingerprint density at radius 3 is 0.977 bits per heavy atom. The van der Waals surface area contributed by atoms with E-state index in [0.717, 1.165) is 70.0 Å². The van der Waals surface area contributed by atoms with Crippen LogP contribution in [0.25, 0.3) is 0 Å². The Hall–Kier alpha value is -1.16. The van der Waals surface area contributed by atoms with Gasteiger partial charge in [-0.1, -0.05) is 127 Å². The largest absolute Gasteiger partial charge is 0.460 e. The van der Waals surface area contributed by atoms with Crippen molar-refractivity contribution in [3.8, 4) is 23.7 Å². The summed E-state index contributed by atoms with van der Waals surface area (Å²) in [5.41, 5.74) is 0. The molecule has 0 aliphatic heterocycles. The van der Waals surface area contributed by atoms with Gasteiger partial charge in [-0.2, -0.15) is 52.1 Å². The van der Waals surface area contributed by atoms with Gasteiger partial charge in [0.2, 0.25) is 0 Å². The van der Waals surface area contributed by atoms with Crippen molar-refractivity contribution in [2.45, 2.75) is 184 Å². The lowest BCUT2D eigenvalue weighted by Gasteiger charge is -2.33. The molecular formula is C34H53F9S. The van der Waals surface area contributed by atoms with Crippen molar-refractivity contribution in [2.24, 2.45) is 0 Å². The van der Waals surface area contributed by atoms with E-state index in [-0.39, 0.29) is 6.42 Å². The highest BCUT2D eigenvalue weighted by Gasteiger charge is 2.81. The predicted octanol–water partition coefficient (Wildman–Crippen LogP) is 13.1. The molecule has 0 aliphatic carbocycles. The van der Waals surface area contributed by atoms with E-state index in [1.54, 1.807) is 0 Å². The number of hydrogen-bond donors (Lipinski definition) is 1. The van der Waals surface area contributed by atoms with E-state index in [4.69, 9.17) is 0 Å². The maximum Gasteiger partial charge on any atom is 0.460 e. The molecule has 0 amide bonds. The van der Waals surface area contributed by atoms with Crippen LogP contribution in [0.15, 0.2) is 0 Å². The molecule has 0 nitrogen and oxygen atoms in total. The van der Waals surface area contributed by atoms with Crippen molar-refractivity contribution in [2.75, 3.05) is 5.75 Å². The first-order valence-electron chi connectivity index (χ1n) is 16.6. The summed E-state index contributed by atoms with van der Waals surface area (Å²) in [6.07, 6.45) is 15.0. The lowest BCUT2D eigenvalue weighted by atomic mass is 9.97. The minimum absolute atomic E-state index is 0.0696. The topological polar surface area (TPSA) is 0 Å². The number of thiol groups is 1. The van der Waals surface area contributed by atoms with Gasteiger partial charge in [-0.3, -0.25) is 0 Å². The molecule has 0 unspecified atom stereocenters. The lowest BCUT2D eigenvalue weighted by Crippen LogP contribution is -2.60.